The Balaban J connectivity index is 1.56. The van der Waals surface area contributed by atoms with Gasteiger partial charge in [0.15, 0.2) is 6.61 Å². The minimum absolute atomic E-state index is 0.00763. The quantitative estimate of drug-likeness (QED) is 0.702. The lowest BCUT2D eigenvalue weighted by molar-refractivity contribution is -0.123. The van der Waals surface area contributed by atoms with Crippen LogP contribution in [0, 0.1) is 20.8 Å². The second kappa shape index (κ2) is 8.15. The number of carbonyl (C=O) groups is 1. The van der Waals surface area contributed by atoms with Gasteiger partial charge >= 0.3 is 0 Å². The summed E-state index contributed by atoms with van der Waals surface area (Å²) in [6, 6.07) is 16.0. The number of thiazole rings is 1. The van der Waals surface area contributed by atoms with E-state index >= 15 is 0 Å². The topological polar surface area (TPSA) is 51.2 Å². The van der Waals surface area contributed by atoms with Crippen LogP contribution in [0.3, 0.4) is 0 Å². The Labute approximate surface area is 157 Å². The van der Waals surface area contributed by atoms with Crippen molar-refractivity contribution in [3.63, 3.8) is 0 Å². The normalized spacial score (nSPS) is 10.6. The largest absolute Gasteiger partial charge is 0.483 e. The highest BCUT2D eigenvalue weighted by Crippen LogP contribution is 2.27. The smallest absolute Gasteiger partial charge is 0.258 e. The number of amides is 1. The molecule has 0 atom stereocenters. The molecule has 0 spiro atoms. The number of ether oxygens (including phenoxy) is 1. The van der Waals surface area contributed by atoms with Crippen LogP contribution in [-0.4, -0.2) is 17.5 Å². The lowest BCUT2D eigenvalue weighted by atomic mass is 10.1. The Bertz CT molecular complexity index is 904. The van der Waals surface area contributed by atoms with E-state index in [1.807, 2.05) is 69.3 Å². The number of hydrogen-bond donors (Lipinski definition) is 1. The van der Waals surface area contributed by atoms with Gasteiger partial charge in [-0.3, -0.25) is 4.79 Å². The Morgan fingerprint density at radius 3 is 2.65 bits per heavy atom. The summed E-state index contributed by atoms with van der Waals surface area (Å²) >= 11 is 1.61. The molecule has 134 valence electrons. The molecule has 1 amide bonds. The van der Waals surface area contributed by atoms with Gasteiger partial charge in [-0.05, 0) is 38.0 Å². The van der Waals surface area contributed by atoms with E-state index in [0.717, 1.165) is 38.0 Å². The van der Waals surface area contributed by atoms with Crippen molar-refractivity contribution in [2.24, 2.45) is 0 Å². The van der Waals surface area contributed by atoms with Crippen LogP contribution >= 0.6 is 11.3 Å². The minimum atomic E-state index is -0.139. The lowest BCUT2D eigenvalue weighted by Gasteiger charge is -2.10. The summed E-state index contributed by atoms with van der Waals surface area (Å²) in [5, 5.41) is 3.89. The molecule has 1 aromatic heterocycles. The average Bonchev–Trinajstić information content (AvgIpc) is 3.02. The first-order chi connectivity index (χ1) is 12.5. The van der Waals surface area contributed by atoms with Crippen LogP contribution in [0.1, 0.15) is 21.7 Å². The summed E-state index contributed by atoms with van der Waals surface area (Å²) in [6.45, 7) is 6.41. The van der Waals surface area contributed by atoms with Crippen molar-refractivity contribution in [3.8, 4) is 16.3 Å². The number of aromatic nitrogens is 1. The van der Waals surface area contributed by atoms with Gasteiger partial charge in [-0.2, -0.15) is 0 Å². The Morgan fingerprint density at radius 2 is 1.88 bits per heavy atom. The number of nitrogens with zero attached hydrogens (tertiary/aromatic N) is 1. The molecule has 3 rings (SSSR count). The fourth-order valence-electron chi connectivity index (χ4n) is 2.53. The van der Waals surface area contributed by atoms with Crippen molar-refractivity contribution in [1.29, 1.82) is 0 Å². The van der Waals surface area contributed by atoms with Crippen molar-refractivity contribution in [2.45, 2.75) is 27.3 Å². The maximum atomic E-state index is 12.1. The highest BCUT2D eigenvalue weighted by atomic mass is 32.1. The highest BCUT2D eigenvalue weighted by molar-refractivity contribution is 7.15. The molecule has 0 bridgehead atoms. The van der Waals surface area contributed by atoms with E-state index in [1.54, 1.807) is 11.3 Å². The fraction of sp³-hybridized carbons (Fsp3) is 0.238. The van der Waals surface area contributed by atoms with Gasteiger partial charge in [-0.25, -0.2) is 4.98 Å². The second-order valence-electron chi connectivity index (χ2n) is 6.23. The summed E-state index contributed by atoms with van der Waals surface area (Å²) in [7, 11) is 0. The molecule has 26 heavy (non-hydrogen) atoms. The first-order valence-electron chi connectivity index (χ1n) is 8.51. The van der Waals surface area contributed by atoms with Crippen molar-refractivity contribution in [2.75, 3.05) is 6.61 Å². The molecular weight excluding hydrogens is 344 g/mol. The third-order valence-corrected chi connectivity index (χ3v) is 5.27. The molecule has 0 saturated carbocycles. The van der Waals surface area contributed by atoms with Crippen molar-refractivity contribution in [1.82, 2.24) is 10.3 Å². The third kappa shape index (κ3) is 4.49. The van der Waals surface area contributed by atoms with E-state index in [1.165, 1.54) is 0 Å². The van der Waals surface area contributed by atoms with Crippen LogP contribution in [0.4, 0.5) is 0 Å². The van der Waals surface area contributed by atoms with Gasteiger partial charge in [-0.1, -0.05) is 42.5 Å². The highest BCUT2D eigenvalue weighted by Gasteiger charge is 2.11. The van der Waals surface area contributed by atoms with E-state index in [4.69, 9.17) is 4.74 Å². The molecule has 2 aromatic carbocycles. The second-order valence-corrected chi connectivity index (χ2v) is 7.31. The maximum absolute atomic E-state index is 12.1. The van der Waals surface area contributed by atoms with Gasteiger partial charge < -0.3 is 10.1 Å². The molecule has 0 aliphatic heterocycles. The van der Waals surface area contributed by atoms with E-state index < -0.39 is 0 Å². The molecule has 4 nitrogen and oxygen atoms in total. The lowest BCUT2D eigenvalue weighted by Crippen LogP contribution is -2.28. The number of hydrogen-bond acceptors (Lipinski definition) is 4. The zero-order valence-electron chi connectivity index (χ0n) is 15.2. The van der Waals surface area contributed by atoms with E-state index in [-0.39, 0.29) is 12.5 Å². The van der Waals surface area contributed by atoms with Gasteiger partial charge in [0, 0.05) is 10.4 Å². The molecule has 0 saturated heterocycles. The van der Waals surface area contributed by atoms with E-state index in [2.05, 4.69) is 10.3 Å². The summed E-state index contributed by atoms with van der Waals surface area (Å²) in [4.78, 5) is 17.8. The molecule has 5 heteroatoms. The van der Waals surface area contributed by atoms with Gasteiger partial charge in [0.25, 0.3) is 5.91 Å². The Morgan fingerprint density at radius 1 is 1.12 bits per heavy atom. The zero-order chi connectivity index (χ0) is 18.5. The molecular formula is C21H22N2O2S. The minimum Gasteiger partial charge on any atom is -0.483 e. The number of benzene rings is 2. The zero-order valence-corrected chi connectivity index (χ0v) is 16.0. The van der Waals surface area contributed by atoms with E-state index in [9.17, 15) is 4.79 Å². The molecule has 0 aliphatic rings. The molecule has 0 fully saturated rings. The van der Waals surface area contributed by atoms with Crippen LogP contribution in [0.25, 0.3) is 10.6 Å². The molecule has 0 aliphatic carbocycles. The van der Waals surface area contributed by atoms with Crippen LogP contribution in [0.15, 0.2) is 48.5 Å². The van der Waals surface area contributed by atoms with Crippen molar-refractivity contribution >= 4 is 17.2 Å². The predicted molar refractivity (Wildman–Crippen MR) is 106 cm³/mol. The van der Waals surface area contributed by atoms with Gasteiger partial charge in [0.1, 0.15) is 10.8 Å². The van der Waals surface area contributed by atoms with Crippen LogP contribution in [0.5, 0.6) is 5.75 Å². The SMILES string of the molecule is Cc1ccc(C)c(OCC(=O)NCc2sc(-c3ccccc3)nc2C)c1. The standard InChI is InChI=1S/C21H22N2O2S/c1-14-9-10-15(2)18(11-14)25-13-20(24)22-12-19-16(3)23-21(26-19)17-7-5-4-6-8-17/h4-11H,12-13H2,1-3H3,(H,22,24). The number of nitrogens with one attached hydrogen (secondary N) is 1. The maximum Gasteiger partial charge on any atom is 0.258 e. The summed E-state index contributed by atoms with van der Waals surface area (Å²) in [6.07, 6.45) is 0. The van der Waals surface area contributed by atoms with Crippen LogP contribution < -0.4 is 10.1 Å². The van der Waals surface area contributed by atoms with E-state index in [0.29, 0.717) is 6.54 Å². The summed E-state index contributed by atoms with van der Waals surface area (Å²) in [5.74, 6) is 0.612. The molecule has 1 N–H and O–H groups in total. The molecule has 0 radical (unpaired) electrons. The number of carbonyl (C=O) groups excluding carboxylic acids is 1. The molecule has 1 heterocycles. The van der Waals surface area contributed by atoms with Gasteiger partial charge in [0.2, 0.25) is 0 Å². The number of rotatable bonds is 6. The first kappa shape index (κ1) is 18.1. The number of aryl methyl sites for hydroxylation is 3. The monoisotopic (exact) mass is 366 g/mol. The Kier molecular flexibility index (Phi) is 5.68. The summed E-state index contributed by atoms with van der Waals surface area (Å²) in [5.41, 5.74) is 4.18. The summed E-state index contributed by atoms with van der Waals surface area (Å²) < 4.78 is 5.65. The first-order valence-corrected chi connectivity index (χ1v) is 9.33. The van der Waals surface area contributed by atoms with Crippen LogP contribution in [-0.2, 0) is 11.3 Å². The fourth-order valence-corrected chi connectivity index (χ4v) is 3.54. The van der Waals surface area contributed by atoms with Crippen molar-refractivity contribution in [3.05, 3.63) is 70.2 Å². The van der Waals surface area contributed by atoms with Crippen LogP contribution in [0.2, 0.25) is 0 Å². The van der Waals surface area contributed by atoms with Gasteiger partial charge in [-0.15, -0.1) is 11.3 Å². The average molecular weight is 366 g/mol. The molecule has 3 aromatic rings. The molecule has 0 unspecified atom stereocenters. The third-order valence-electron chi connectivity index (χ3n) is 4.06. The Hall–Kier alpha value is -2.66. The van der Waals surface area contributed by atoms with Crippen molar-refractivity contribution < 1.29 is 9.53 Å². The predicted octanol–water partition coefficient (Wildman–Crippen LogP) is 4.43. The van der Waals surface area contributed by atoms with Gasteiger partial charge in [0.05, 0.1) is 12.2 Å².